The molecule has 16 nitrogen and oxygen atoms in total. The zero-order valence-corrected chi connectivity index (χ0v) is 32.6. The number of aromatic amines is 2. The highest BCUT2D eigenvalue weighted by atomic mass is 16.6. The van der Waals surface area contributed by atoms with Crippen molar-refractivity contribution in [3.63, 3.8) is 0 Å². The summed E-state index contributed by atoms with van der Waals surface area (Å²) in [6, 6.07) is 20.2. The molecule has 2 aliphatic heterocycles. The number of likely N-dealkylation sites (tertiary alicyclic amines) is 2. The van der Waals surface area contributed by atoms with Crippen molar-refractivity contribution in [1.82, 2.24) is 40.0 Å². The van der Waals surface area contributed by atoms with Gasteiger partial charge in [-0.25, -0.2) is 19.6 Å². The maximum Gasteiger partial charge on any atom is 0.407 e. The van der Waals surface area contributed by atoms with Gasteiger partial charge in [0.15, 0.2) is 6.10 Å². The average molecular weight is 790 g/mol. The maximum atomic E-state index is 13.7. The zero-order chi connectivity index (χ0) is 40.8. The van der Waals surface area contributed by atoms with E-state index in [9.17, 15) is 19.2 Å². The maximum absolute atomic E-state index is 13.7. The van der Waals surface area contributed by atoms with Gasteiger partial charge < -0.3 is 45.0 Å². The molecule has 0 spiro atoms. The molecule has 3 aromatic heterocycles. The number of pyridine rings is 1. The highest BCUT2D eigenvalue weighted by molar-refractivity contribution is 5.87. The third-order valence-corrected chi connectivity index (χ3v) is 10.8. The summed E-state index contributed by atoms with van der Waals surface area (Å²) >= 11 is 0. The lowest BCUT2D eigenvalue weighted by molar-refractivity contribution is -0.141. The molecule has 5 aromatic rings. The summed E-state index contributed by atoms with van der Waals surface area (Å²) in [6.45, 7) is 2.77. The van der Waals surface area contributed by atoms with Crippen LogP contribution in [0.15, 0.2) is 85.3 Å². The number of carbonyl (C=O) groups excluding carboxylic acids is 4. The first-order chi connectivity index (χ1) is 28.1. The van der Waals surface area contributed by atoms with E-state index in [1.165, 1.54) is 14.2 Å². The molecule has 2 saturated heterocycles. The number of rotatable bonds is 13. The molecule has 0 unspecified atom stereocenters. The third-order valence-electron chi connectivity index (χ3n) is 10.8. The van der Waals surface area contributed by atoms with Crippen molar-refractivity contribution >= 4 is 24.0 Å². The van der Waals surface area contributed by atoms with Gasteiger partial charge in [-0.3, -0.25) is 14.6 Å². The normalized spacial score (nSPS) is 18.1. The first-order valence-electron chi connectivity index (χ1n) is 19.3. The quantitative estimate of drug-likeness (QED) is 0.121. The highest BCUT2D eigenvalue weighted by Crippen LogP contribution is 2.35. The second kappa shape index (κ2) is 17.7. The van der Waals surface area contributed by atoms with E-state index in [4.69, 9.17) is 19.9 Å². The zero-order valence-electron chi connectivity index (χ0n) is 32.6. The molecule has 0 saturated carbocycles. The van der Waals surface area contributed by atoms with Crippen LogP contribution in [-0.2, 0) is 30.2 Å². The molecule has 5 atom stereocenters. The van der Waals surface area contributed by atoms with E-state index in [0.717, 1.165) is 52.9 Å². The third kappa shape index (κ3) is 8.71. The fourth-order valence-electron chi connectivity index (χ4n) is 7.71. The molecule has 5 heterocycles. The lowest BCUT2D eigenvalue weighted by atomic mass is 10.0. The van der Waals surface area contributed by atoms with Crippen LogP contribution in [0.25, 0.3) is 33.6 Å². The Morgan fingerprint density at radius 1 is 0.776 bits per heavy atom. The topological polar surface area (TPSA) is 211 Å². The summed E-state index contributed by atoms with van der Waals surface area (Å²) < 4.78 is 15.4. The Balaban J connectivity index is 0.999. The van der Waals surface area contributed by atoms with Crippen molar-refractivity contribution in [2.24, 2.45) is 5.73 Å². The number of imidazole rings is 2. The number of nitrogens with two attached hydrogens (primary N) is 1. The Bertz CT molecular complexity index is 2210. The number of hydrogen-bond acceptors (Lipinski definition) is 10. The van der Waals surface area contributed by atoms with E-state index in [1.54, 1.807) is 47.4 Å². The van der Waals surface area contributed by atoms with Crippen LogP contribution in [0.2, 0.25) is 0 Å². The number of nitrogens with one attached hydrogen (secondary N) is 3. The van der Waals surface area contributed by atoms with Gasteiger partial charge in [-0.05, 0) is 67.0 Å². The molecular weight excluding hydrogens is 743 g/mol. The average Bonchev–Trinajstić information content (AvgIpc) is 4.09. The second-order valence-electron chi connectivity index (χ2n) is 14.4. The van der Waals surface area contributed by atoms with Gasteiger partial charge in [-0.15, -0.1) is 0 Å². The second-order valence-corrected chi connectivity index (χ2v) is 14.4. The van der Waals surface area contributed by atoms with Gasteiger partial charge in [0.05, 0.1) is 49.1 Å². The van der Waals surface area contributed by atoms with E-state index in [1.807, 2.05) is 42.5 Å². The monoisotopic (exact) mass is 789 g/mol. The number of nitrogens with zero attached hydrogens (tertiary/aromatic N) is 5. The minimum atomic E-state index is -1.09. The molecule has 5 N–H and O–H groups in total. The Morgan fingerprint density at radius 2 is 1.31 bits per heavy atom. The molecule has 4 amide bonds. The van der Waals surface area contributed by atoms with Crippen LogP contribution < -0.4 is 11.1 Å². The molecule has 2 aliphatic rings. The summed E-state index contributed by atoms with van der Waals surface area (Å²) in [4.78, 5) is 74.9. The standard InChI is InChI=1S/C42H47N9O7/c1-25(56-2)36(49-42(55)57-3)40(53)51-21-7-10-34(51)38-46-24-32(48-38)29-17-13-27(14-18-29)26-11-15-28(16-12-26)31-23-45-37(47-31)33-9-6-20-50(33)39(52)35(58-41(43)54)22-30-8-4-5-19-44-30/h4-5,8,11-19,23-25,33-36H,6-7,9-10,20-22H2,1-3H3,(H2,43,54)(H,45,47)(H,46,48)(H,49,55)/t25-,33+,34+,35+,36+/m1/s1. The highest BCUT2D eigenvalue weighted by Gasteiger charge is 2.39. The van der Waals surface area contributed by atoms with Crippen molar-refractivity contribution < 1.29 is 33.4 Å². The molecule has 302 valence electrons. The minimum Gasteiger partial charge on any atom is -0.453 e. The summed E-state index contributed by atoms with van der Waals surface area (Å²) in [5, 5.41) is 2.62. The Hall–Kier alpha value is -6.55. The number of hydrogen-bond donors (Lipinski definition) is 4. The van der Waals surface area contributed by atoms with Gasteiger partial charge in [0.25, 0.3) is 5.91 Å². The summed E-state index contributed by atoms with van der Waals surface area (Å²) in [6.07, 6.45) is 4.95. The number of ether oxygens (including phenoxy) is 3. The van der Waals surface area contributed by atoms with Gasteiger partial charge >= 0.3 is 12.2 Å². The van der Waals surface area contributed by atoms with Gasteiger partial charge in [0.2, 0.25) is 5.91 Å². The number of amides is 4. The van der Waals surface area contributed by atoms with E-state index >= 15 is 0 Å². The van der Waals surface area contributed by atoms with Crippen LogP contribution >= 0.6 is 0 Å². The van der Waals surface area contributed by atoms with Crippen LogP contribution in [0.4, 0.5) is 9.59 Å². The van der Waals surface area contributed by atoms with Gasteiger partial charge in [0.1, 0.15) is 17.7 Å². The fourth-order valence-corrected chi connectivity index (χ4v) is 7.71. The van der Waals surface area contributed by atoms with Crippen LogP contribution in [0, 0.1) is 0 Å². The van der Waals surface area contributed by atoms with Crippen LogP contribution in [0.3, 0.4) is 0 Å². The van der Waals surface area contributed by atoms with E-state index in [0.29, 0.717) is 36.9 Å². The molecular formula is C42H47N9O7. The largest absolute Gasteiger partial charge is 0.453 e. The Kier molecular flexibility index (Phi) is 12.1. The van der Waals surface area contributed by atoms with E-state index in [-0.39, 0.29) is 30.3 Å². The predicted molar refractivity (Wildman–Crippen MR) is 213 cm³/mol. The fraction of sp³-hybridized carbons (Fsp3) is 0.357. The van der Waals surface area contributed by atoms with Crippen LogP contribution in [0.5, 0.6) is 0 Å². The summed E-state index contributed by atoms with van der Waals surface area (Å²) in [7, 11) is 2.75. The molecule has 58 heavy (non-hydrogen) atoms. The van der Waals surface area contributed by atoms with Gasteiger partial charge in [0, 0.05) is 38.5 Å². The number of aromatic nitrogens is 5. The van der Waals surface area contributed by atoms with Gasteiger partial charge in [-0.2, -0.15) is 0 Å². The first-order valence-corrected chi connectivity index (χ1v) is 19.3. The molecule has 16 heteroatoms. The smallest absolute Gasteiger partial charge is 0.407 e. The number of primary amides is 1. The van der Waals surface area contributed by atoms with Crippen molar-refractivity contribution in [3.8, 4) is 33.6 Å². The number of H-pyrrole nitrogens is 2. The molecule has 2 fully saturated rings. The Morgan fingerprint density at radius 3 is 1.79 bits per heavy atom. The van der Waals surface area contributed by atoms with E-state index < -0.39 is 30.4 Å². The molecule has 2 aromatic carbocycles. The lowest BCUT2D eigenvalue weighted by Crippen LogP contribution is -2.54. The SMILES string of the molecule is COC(=O)N[C@H](C(=O)N1CCC[C@H]1c1ncc(-c2ccc(-c3ccc(-c4cnc([C@@H]5CCCN5C(=O)[C@H](Cc5ccccn5)OC(N)=O)[nH]4)cc3)cc2)[nH]1)[C@@H](C)OC. The molecule has 0 radical (unpaired) electrons. The Labute approximate surface area is 335 Å². The van der Waals surface area contributed by atoms with Crippen LogP contribution in [0.1, 0.15) is 62.0 Å². The number of alkyl carbamates (subject to hydrolysis) is 1. The molecule has 0 aliphatic carbocycles. The van der Waals surface area contributed by atoms with Crippen molar-refractivity contribution in [1.29, 1.82) is 0 Å². The summed E-state index contributed by atoms with van der Waals surface area (Å²) in [5.41, 5.74) is 11.5. The molecule has 0 bridgehead atoms. The number of carbonyl (C=O) groups is 4. The van der Waals surface area contributed by atoms with Crippen molar-refractivity contribution in [2.45, 2.75) is 69.4 Å². The predicted octanol–water partition coefficient (Wildman–Crippen LogP) is 5.32. The summed E-state index contributed by atoms with van der Waals surface area (Å²) in [5.74, 6) is 0.748. The van der Waals surface area contributed by atoms with Crippen LogP contribution in [-0.4, -0.2) is 104 Å². The lowest BCUT2D eigenvalue weighted by Gasteiger charge is -2.30. The van der Waals surface area contributed by atoms with Crippen molar-refractivity contribution in [3.05, 3.63) is 103 Å². The first kappa shape index (κ1) is 39.7. The number of benzene rings is 2. The van der Waals surface area contributed by atoms with E-state index in [2.05, 4.69) is 42.4 Å². The minimum absolute atomic E-state index is 0.118. The molecule has 7 rings (SSSR count). The van der Waals surface area contributed by atoms with Gasteiger partial charge in [-0.1, -0.05) is 54.6 Å². The van der Waals surface area contributed by atoms with Crippen molar-refractivity contribution in [2.75, 3.05) is 27.3 Å². The number of methoxy groups -OCH3 is 2.